The molecule has 8 aromatic rings. The summed E-state index contributed by atoms with van der Waals surface area (Å²) in [7, 11) is 0. The number of anilines is 2. The van der Waals surface area contributed by atoms with Crippen LogP contribution in [0.15, 0.2) is 206 Å². The molecule has 352 valence electrons. The molecule has 0 aliphatic heterocycles. The summed E-state index contributed by atoms with van der Waals surface area (Å²) in [6.07, 6.45) is 1.20. The van der Waals surface area contributed by atoms with Gasteiger partial charge in [0.25, 0.3) is 0 Å². The van der Waals surface area contributed by atoms with Crippen LogP contribution in [0.25, 0.3) is 44.6 Å². The number of ether oxygens (including phenoxy) is 1. The highest BCUT2D eigenvalue weighted by atomic mass is 16.5. The Hall–Kier alpha value is -10.3. The summed E-state index contributed by atoms with van der Waals surface area (Å²) in [5.41, 5.74) is 23.1. The molecule has 0 fully saturated rings. The number of ketones is 2. The molecule has 0 radical (unpaired) electrons. The second-order valence-electron chi connectivity index (χ2n) is 17.1. The lowest BCUT2D eigenvalue weighted by Gasteiger charge is -2.15. The fourth-order valence-electron chi connectivity index (χ4n) is 9.39. The van der Waals surface area contributed by atoms with Gasteiger partial charge in [-0.2, -0.15) is 0 Å². The molecule has 6 N–H and O–H groups in total. The first-order chi connectivity index (χ1) is 35.6. The third kappa shape index (κ3) is 9.08. The molecular formula is C62H42N4O7. The molecule has 0 aromatic heterocycles. The molecule has 0 saturated carbocycles. The number of Topliss-reactive ketones (excluding diaryl/α,β-unsaturated/α-hetero) is 2. The number of carbonyl (C=O) groups excluding carboxylic acids is 6. The monoisotopic (exact) mass is 954 g/mol. The zero-order valence-electron chi connectivity index (χ0n) is 38.8. The third-order valence-electron chi connectivity index (χ3n) is 12.8. The largest absolute Gasteiger partial charge is 0.457 e. The van der Waals surface area contributed by atoms with Gasteiger partial charge in [-0.1, -0.05) is 133 Å². The lowest BCUT2D eigenvalue weighted by molar-refractivity contribution is -0.109. The van der Waals surface area contributed by atoms with Crippen LogP contribution in [0.2, 0.25) is 0 Å². The van der Waals surface area contributed by atoms with E-state index in [-0.39, 0.29) is 11.6 Å². The van der Waals surface area contributed by atoms with Crippen LogP contribution in [0.1, 0.15) is 65.2 Å². The maximum absolute atomic E-state index is 15.0. The highest BCUT2D eigenvalue weighted by Crippen LogP contribution is 2.52. The Labute approximate surface area is 419 Å². The van der Waals surface area contributed by atoms with Crippen molar-refractivity contribution in [3.8, 4) is 11.5 Å². The topological polar surface area (TPSA) is 188 Å². The summed E-state index contributed by atoms with van der Waals surface area (Å²) in [5.74, 6) is -0.579. The predicted octanol–water partition coefficient (Wildman–Crippen LogP) is 11.0. The first kappa shape index (κ1) is 46.5. The summed E-state index contributed by atoms with van der Waals surface area (Å²) in [6, 6.07) is 61.7. The maximum atomic E-state index is 15.0. The number of allylic oxidation sites excluding steroid dienone is 8. The summed E-state index contributed by atoms with van der Waals surface area (Å²) >= 11 is 0. The number of hydrogen-bond donors (Lipinski definition) is 4. The third-order valence-corrected chi connectivity index (χ3v) is 12.8. The lowest BCUT2D eigenvalue weighted by Crippen LogP contribution is -2.11. The van der Waals surface area contributed by atoms with Crippen LogP contribution in [-0.2, 0) is 19.2 Å². The minimum absolute atomic E-state index is 0.190. The highest BCUT2D eigenvalue weighted by molar-refractivity contribution is 6.60. The van der Waals surface area contributed by atoms with Crippen molar-refractivity contribution in [3.63, 3.8) is 0 Å². The Balaban J connectivity index is 1.04. The molecule has 0 heterocycles. The van der Waals surface area contributed by atoms with Crippen molar-refractivity contribution < 1.29 is 33.5 Å². The van der Waals surface area contributed by atoms with Crippen molar-refractivity contribution in [1.29, 1.82) is 0 Å². The van der Waals surface area contributed by atoms with E-state index >= 15 is 0 Å². The van der Waals surface area contributed by atoms with E-state index < -0.39 is 11.8 Å². The summed E-state index contributed by atoms with van der Waals surface area (Å²) in [4.78, 5) is 76.5. The van der Waals surface area contributed by atoms with Gasteiger partial charge in [0.2, 0.25) is 24.6 Å². The van der Waals surface area contributed by atoms with E-state index in [0.717, 1.165) is 27.8 Å². The number of nitrogens with two attached hydrogens (primary N) is 2. The predicted molar refractivity (Wildman–Crippen MR) is 285 cm³/mol. The van der Waals surface area contributed by atoms with Crippen molar-refractivity contribution >= 4 is 92.2 Å². The first-order valence-electron chi connectivity index (χ1n) is 23.1. The van der Waals surface area contributed by atoms with E-state index in [0.29, 0.717) is 108 Å². The number of amides is 4. The Morgan fingerprint density at radius 3 is 0.849 bits per heavy atom. The maximum Gasteiger partial charge on any atom is 0.248 e. The van der Waals surface area contributed by atoms with Gasteiger partial charge in [0.1, 0.15) is 11.5 Å². The van der Waals surface area contributed by atoms with Crippen LogP contribution in [0.3, 0.4) is 0 Å². The smallest absolute Gasteiger partial charge is 0.248 e. The van der Waals surface area contributed by atoms with Crippen molar-refractivity contribution in [1.82, 2.24) is 0 Å². The van der Waals surface area contributed by atoms with E-state index in [9.17, 15) is 28.8 Å². The molecule has 10 rings (SSSR count). The van der Waals surface area contributed by atoms with Gasteiger partial charge in [0.05, 0.1) is 0 Å². The fourth-order valence-corrected chi connectivity index (χ4v) is 9.39. The first-order valence-corrected chi connectivity index (χ1v) is 23.1. The van der Waals surface area contributed by atoms with E-state index in [1.807, 2.05) is 133 Å². The Bertz CT molecular complexity index is 3630. The van der Waals surface area contributed by atoms with Gasteiger partial charge in [0, 0.05) is 67.1 Å². The Kier molecular flexibility index (Phi) is 12.7. The van der Waals surface area contributed by atoms with Crippen molar-refractivity contribution in [3.05, 3.63) is 262 Å². The molecule has 11 heteroatoms. The molecule has 0 atom stereocenters. The Morgan fingerprint density at radius 2 is 0.575 bits per heavy atom. The van der Waals surface area contributed by atoms with Crippen LogP contribution in [-0.4, -0.2) is 36.2 Å². The number of carbonyl (C=O) groups is 6. The standard InChI is InChI=1S/C62H42N4O7/c63-61(71)45-15-11-41(12-16-45)55-51(37-7-3-1-4-8-37)53(56(59(55)69)42-13-17-46(18-14-42)62(64)72)39-23-31-49(32-24-39)73-50-33-25-40(26-34-50)54-52(38-9-5-2-6-10-38)57(43-19-27-47(28-20-43)65-35-67)60(70)58(54)44-21-29-48(30-22-44)66-36-68/h1-36H,(H2,63,71)(H2,64,72)(H,65,67)(H,66,68). The van der Waals surface area contributed by atoms with Crippen molar-refractivity contribution in [2.24, 2.45) is 11.5 Å². The minimum atomic E-state index is -0.593. The summed E-state index contributed by atoms with van der Waals surface area (Å²) < 4.78 is 6.48. The van der Waals surface area contributed by atoms with Crippen LogP contribution >= 0.6 is 0 Å². The lowest BCUT2D eigenvalue weighted by atomic mass is 9.89. The molecule has 8 aromatic carbocycles. The highest BCUT2D eigenvalue weighted by Gasteiger charge is 2.37. The minimum Gasteiger partial charge on any atom is -0.457 e. The number of hydrogen-bond acceptors (Lipinski definition) is 7. The molecule has 0 bridgehead atoms. The van der Waals surface area contributed by atoms with Crippen molar-refractivity contribution in [2.75, 3.05) is 10.6 Å². The molecule has 2 aliphatic rings. The molecule has 4 amide bonds. The zero-order valence-corrected chi connectivity index (χ0v) is 38.8. The molecule has 73 heavy (non-hydrogen) atoms. The average molecular weight is 955 g/mol. The molecular weight excluding hydrogens is 913 g/mol. The molecule has 0 spiro atoms. The zero-order chi connectivity index (χ0) is 50.6. The SMILES string of the molecule is NC(=O)c1ccc(C2=C(c3ccccc3)C(c3ccc(Oc4ccc(C5=C(c6ccc(NC=O)cc6)C(=O)C(c6ccc(NC=O)cc6)=C5c5ccccc5)cc4)cc3)=C(c3ccc(C(N)=O)cc3)C2=O)cc1. The molecule has 2 aliphatic carbocycles. The van der Waals surface area contributed by atoms with Gasteiger partial charge in [-0.25, -0.2) is 0 Å². The van der Waals surface area contributed by atoms with E-state index in [4.69, 9.17) is 16.2 Å². The number of primary amides is 2. The Morgan fingerprint density at radius 1 is 0.329 bits per heavy atom. The average Bonchev–Trinajstić information content (AvgIpc) is 3.90. The molecule has 0 unspecified atom stereocenters. The van der Waals surface area contributed by atoms with E-state index in [1.54, 1.807) is 72.8 Å². The van der Waals surface area contributed by atoms with Gasteiger partial charge in [-0.05, 0) is 117 Å². The van der Waals surface area contributed by atoms with Gasteiger partial charge in [-0.3, -0.25) is 28.8 Å². The normalized spacial score (nSPS) is 13.4. The number of benzene rings is 8. The quantitative estimate of drug-likeness (QED) is 0.0693. The van der Waals surface area contributed by atoms with Gasteiger partial charge in [0.15, 0.2) is 11.6 Å². The second-order valence-corrected chi connectivity index (χ2v) is 17.1. The van der Waals surface area contributed by atoms with Gasteiger partial charge < -0.3 is 26.8 Å². The second kappa shape index (κ2) is 20.0. The van der Waals surface area contributed by atoms with Crippen LogP contribution in [0.5, 0.6) is 11.5 Å². The summed E-state index contributed by atoms with van der Waals surface area (Å²) in [5, 5.41) is 5.33. The molecule has 0 saturated heterocycles. The number of nitrogens with one attached hydrogen (secondary N) is 2. The van der Waals surface area contributed by atoms with Crippen LogP contribution < -0.4 is 26.8 Å². The van der Waals surface area contributed by atoms with Gasteiger partial charge >= 0.3 is 0 Å². The number of rotatable bonds is 16. The van der Waals surface area contributed by atoms with Gasteiger partial charge in [-0.15, -0.1) is 0 Å². The van der Waals surface area contributed by atoms with Crippen molar-refractivity contribution in [2.45, 2.75) is 0 Å². The molecule has 11 nitrogen and oxygen atoms in total. The van der Waals surface area contributed by atoms with Crippen LogP contribution in [0.4, 0.5) is 11.4 Å². The summed E-state index contributed by atoms with van der Waals surface area (Å²) in [6.45, 7) is 0. The fraction of sp³-hybridized carbons (Fsp3) is 0. The van der Waals surface area contributed by atoms with E-state index in [2.05, 4.69) is 10.6 Å². The van der Waals surface area contributed by atoms with Crippen LogP contribution in [0, 0.1) is 0 Å². The van der Waals surface area contributed by atoms with E-state index in [1.165, 1.54) is 0 Å².